The first kappa shape index (κ1) is 18.8. The molecule has 3 rings (SSSR count). The first-order valence-corrected chi connectivity index (χ1v) is 8.97. The largest absolute Gasteiger partial charge is 0.497 e. The van der Waals surface area contributed by atoms with Crippen molar-refractivity contribution in [3.63, 3.8) is 0 Å². The summed E-state index contributed by atoms with van der Waals surface area (Å²) in [7, 11) is 1.63. The number of urea groups is 1. The van der Waals surface area contributed by atoms with Crippen LogP contribution < -0.4 is 15.4 Å². The fourth-order valence-electron chi connectivity index (χ4n) is 2.81. The monoisotopic (exact) mass is 368 g/mol. The summed E-state index contributed by atoms with van der Waals surface area (Å²) in [5.74, 6) is 1.32. The van der Waals surface area contributed by atoms with Crippen LogP contribution in [-0.2, 0) is 6.42 Å². The van der Waals surface area contributed by atoms with Crippen LogP contribution in [0.4, 0.5) is 4.79 Å². The van der Waals surface area contributed by atoms with E-state index in [4.69, 9.17) is 9.15 Å². The Morgan fingerprint density at radius 2 is 1.85 bits per heavy atom. The zero-order valence-corrected chi connectivity index (χ0v) is 15.3. The van der Waals surface area contributed by atoms with Gasteiger partial charge in [-0.2, -0.15) is 0 Å². The Labute approximate surface area is 158 Å². The van der Waals surface area contributed by atoms with Gasteiger partial charge in [-0.3, -0.25) is 0 Å². The second kappa shape index (κ2) is 9.09. The Balaban J connectivity index is 1.36. The van der Waals surface area contributed by atoms with Crippen molar-refractivity contribution in [3.8, 4) is 5.75 Å². The summed E-state index contributed by atoms with van der Waals surface area (Å²) < 4.78 is 10.7. The van der Waals surface area contributed by atoms with Gasteiger partial charge in [0.05, 0.1) is 7.11 Å². The van der Waals surface area contributed by atoms with Crippen LogP contribution >= 0.6 is 0 Å². The number of furan rings is 1. The van der Waals surface area contributed by atoms with Crippen LogP contribution in [0.1, 0.15) is 23.8 Å². The van der Waals surface area contributed by atoms with Crippen molar-refractivity contribution in [1.29, 1.82) is 0 Å². The minimum absolute atomic E-state index is 0.250. The number of benzene rings is 2. The maximum absolute atomic E-state index is 11.8. The highest BCUT2D eigenvalue weighted by atomic mass is 16.5. The second-order valence-electron chi connectivity index (χ2n) is 6.27. The summed E-state index contributed by atoms with van der Waals surface area (Å²) >= 11 is 0. The molecule has 2 aromatic carbocycles. The number of ether oxygens (including phenoxy) is 1. The number of nitrogens with one attached hydrogen (secondary N) is 2. The number of carbonyl (C=O) groups excluding carboxylic acids is 1. The summed E-state index contributed by atoms with van der Waals surface area (Å²) in [6, 6.07) is 16.9. The highest BCUT2D eigenvalue weighted by Gasteiger charge is 2.13. The van der Waals surface area contributed by atoms with Crippen LogP contribution in [0.15, 0.2) is 59.0 Å². The van der Waals surface area contributed by atoms with E-state index in [2.05, 4.69) is 10.6 Å². The molecule has 0 spiro atoms. The molecular weight excluding hydrogens is 344 g/mol. The highest BCUT2D eigenvalue weighted by molar-refractivity contribution is 5.77. The molecule has 3 aromatic rings. The van der Waals surface area contributed by atoms with Gasteiger partial charge in [-0.05, 0) is 42.7 Å². The first-order chi connectivity index (χ1) is 13.2. The number of para-hydroxylation sites is 1. The summed E-state index contributed by atoms with van der Waals surface area (Å²) in [5.41, 5.74) is 1.87. The molecule has 3 N–H and O–H groups in total. The number of hydrogen-bond donors (Lipinski definition) is 3. The number of methoxy groups -OCH3 is 1. The van der Waals surface area contributed by atoms with Crippen LogP contribution in [0, 0.1) is 0 Å². The molecular formula is C21H24N2O4. The topological polar surface area (TPSA) is 83.7 Å². The van der Waals surface area contributed by atoms with Crippen molar-refractivity contribution in [2.75, 3.05) is 20.2 Å². The van der Waals surface area contributed by atoms with E-state index in [1.165, 1.54) is 0 Å². The third kappa shape index (κ3) is 5.24. The summed E-state index contributed by atoms with van der Waals surface area (Å²) in [5, 5.41) is 16.7. The lowest BCUT2D eigenvalue weighted by molar-refractivity contribution is 0.142. The lowest BCUT2D eigenvalue weighted by atomic mass is 10.1. The lowest BCUT2D eigenvalue weighted by Gasteiger charge is -2.10. The predicted molar refractivity (Wildman–Crippen MR) is 104 cm³/mol. The van der Waals surface area contributed by atoms with E-state index in [1.54, 1.807) is 7.11 Å². The molecule has 0 aliphatic carbocycles. The third-order valence-electron chi connectivity index (χ3n) is 4.33. The molecule has 27 heavy (non-hydrogen) atoms. The van der Waals surface area contributed by atoms with Gasteiger partial charge < -0.3 is 24.9 Å². The van der Waals surface area contributed by atoms with Gasteiger partial charge in [0.15, 0.2) is 0 Å². The molecule has 0 saturated heterocycles. The van der Waals surface area contributed by atoms with Gasteiger partial charge in [-0.1, -0.05) is 30.3 Å². The highest BCUT2D eigenvalue weighted by Crippen LogP contribution is 2.25. The normalized spacial score (nSPS) is 11.9. The molecule has 0 fully saturated rings. The number of amides is 2. The standard InChI is InChI=1S/C21H24N2O4/c1-26-17-8-6-15(7-9-17)10-12-22-21(25)23-13-11-18(24)20-14-16-4-2-3-5-19(16)27-20/h2-9,14,18,24H,10-13H2,1H3,(H2,22,23,25). The number of aliphatic hydroxyl groups is 1. The Bertz CT molecular complexity index is 840. The zero-order valence-electron chi connectivity index (χ0n) is 15.3. The third-order valence-corrected chi connectivity index (χ3v) is 4.33. The Hall–Kier alpha value is -2.99. The molecule has 1 aromatic heterocycles. The predicted octanol–water partition coefficient (Wildman–Crippen LogP) is 3.41. The Morgan fingerprint density at radius 1 is 1.11 bits per heavy atom. The summed E-state index contributed by atoms with van der Waals surface area (Å²) in [6.07, 6.45) is 0.363. The number of fused-ring (bicyclic) bond motifs is 1. The van der Waals surface area contributed by atoms with E-state index < -0.39 is 6.10 Å². The van der Waals surface area contributed by atoms with E-state index >= 15 is 0 Å². The maximum Gasteiger partial charge on any atom is 0.314 e. The molecule has 6 heteroatoms. The molecule has 1 atom stereocenters. The van der Waals surface area contributed by atoms with E-state index in [0.29, 0.717) is 25.3 Å². The Morgan fingerprint density at radius 3 is 2.59 bits per heavy atom. The smallest absolute Gasteiger partial charge is 0.314 e. The van der Waals surface area contributed by atoms with E-state index in [9.17, 15) is 9.90 Å². The van der Waals surface area contributed by atoms with Crippen LogP contribution in [-0.4, -0.2) is 31.3 Å². The van der Waals surface area contributed by atoms with Gasteiger partial charge in [0.2, 0.25) is 0 Å². The number of carbonyl (C=O) groups is 1. The van der Waals surface area contributed by atoms with Gasteiger partial charge in [-0.25, -0.2) is 4.79 Å². The van der Waals surface area contributed by atoms with Gasteiger partial charge in [0.25, 0.3) is 0 Å². The molecule has 0 saturated carbocycles. The van der Waals surface area contributed by atoms with E-state index in [0.717, 1.165) is 28.7 Å². The van der Waals surface area contributed by atoms with E-state index in [1.807, 2.05) is 54.6 Å². The van der Waals surface area contributed by atoms with Crippen LogP contribution in [0.5, 0.6) is 5.75 Å². The average Bonchev–Trinajstić information content (AvgIpc) is 3.13. The molecule has 0 aliphatic rings. The van der Waals surface area contributed by atoms with Crippen LogP contribution in [0.3, 0.4) is 0 Å². The van der Waals surface area contributed by atoms with Gasteiger partial charge in [0.1, 0.15) is 23.2 Å². The van der Waals surface area contributed by atoms with Gasteiger partial charge in [0, 0.05) is 18.5 Å². The molecule has 1 unspecified atom stereocenters. The van der Waals surface area contributed by atoms with Crippen molar-refractivity contribution < 1.29 is 19.1 Å². The van der Waals surface area contributed by atoms with Gasteiger partial charge in [-0.15, -0.1) is 0 Å². The van der Waals surface area contributed by atoms with Crippen molar-refractivity contribution in [2.45, 2.75) is 18.9 Å². The number of rotatable bonds is 8. The fraction of sp³-hybridized carbons (Fsp3) is 0.286. The molecule has 1 heterocycles. The van der Waals surface area contributed by atoms with Crippen LogP contribution in [0.25, 0.3) is 11.0 Å². The van der Waals surface area contributed by atoms with Crippen molar-refractivity contribution in [1.82, 2.24) is 10.6 Å². The van der Waals surface area contributed by atoms with Crippen molar-refractivity contribution in [3.05, 3.63) is 65.9 Å². The molecule has 2 amide bonds. The first-order valence-electron chi connectivity index (χ1n) is 8.97. The zero-order chi connectivity index (χ0) is 19.1. The summed E-state index contributed by atoms with van der Waals surface area (Å²) in [6.45, 7) is 0.886. The quantitative estimate of drug-likeness (QED) is 0.569. The van der Waals surface area contributed by atoms with Gasteiger partial charge >= 0.3 is 6.03 Å². The minimum atomic E-state index is -0.753. The van der Waals surface area contributed by atoms with Crippen molar-refractivity contribution >= 4 is 17.0 Å². The van der Waals surface area contributed by atoms with Crippen LogP contribution in [0.2, 0.25) is 0 Å². The minimum Gasteiger partial charge on any atom is -0.497 e. The summed E-state index contributed by atoms with van der Waals surface area (Å²) in [4.78, 5) is 11.8. The lowest BCUT2D eigenvalue weighted by Crippen LogP contribution is -2.37. The molecule has 0 bridgehead atoms. The molecule has 6 nitrogen and oxygen atoms in total. The number of aliphatic hydroxyl groups excluding tert-OH is 1. The molecule has 0 radical (unpaired) electrons. The molecule has 0 aliphatic heterocycles. The number of hydrogen-bond acceptors (Lipinski definition) is 4. The maximum atomic E-state index is 11.8. The molecule has 142 valence electrons. The average molecular weight is 368 g/mol. The van der Waals surface area contributed by atoms with E-state index in [-0.39, 0.29) is 6.03 Å². The van der Waals surface area contributed by atoms with Crippen molar-refractivity contribution in [2.24, 2.45) is 0 Å². The second-order valence-corrected chi connectivity index (χ2v) is 6.27. The fourth-order valence-corrected chi connectivity index (χ4v) is 2.81. The Kier molecular flexibility index (Phi) is 6.33. The SMILES string of the molecule is COc1ccc(CCNC(=O)NCCC(O)c2cc3ccccc3o2)cc1.